The van der Waals surface area contributed by atoms with Crippen LogP contribution in [-0.2, 0) is 4.74 Å². The monoisotopic (exact) mass is 245 g/mol. The van der Waals surface area contributed by atoms with Crippen LogP contribution in [0.5, 0.6) is 0 Å². The Morgan fingerprint density at radius 3 is 2.80 bits per heavy atom. The maximum Gasteiger partial charge on any atom is 0.0553 e. The second-order valence-corrected chi connectivity index (χ2v) is 5.81. The first-order valence-electron chi connectivity index (χ1n) is 5.07. The molecule has 4 heteroatoms. The van der Waals surface area contributed by atoms with Gasteiger partial charge in [-0.1, -0.05) is 0 Å². The molecule has 0 saturated heterocycles. The van der Waals surface area contributed by atoms with Gasteiger partial charge in [0.25, 0.3) is 0 Å². The lowest BCUT2D eigenvalue weighted by molar-refractivity contribution is 0.218. The van der Waals surface area contributed by atoms with E-state index < -0.39 is 0 Å². The van der Waals surface area contributed by atoms with Crippen LogP contribution in [0, 0.1) is 6.92 Å². The number of nitrogens with two attached hydrogens (primary N) is 1. The molecular formula is C11H19NOS2. The van der Waals surface area contributed by atoms with Crippen LogP contribution in [0.25, 0.3) is 0 Å². The molecule has 2 N–H and O–H groups in total. The van der Waals surface area contributed by atoms with Crippen LogP contribution in [0.3, 0.4) is 0 Å². The summed E-state index contributed by atoms with van der Waals surface area (Å²) in [6.45, 7) is 5.01. The highest BCUT2D eigenvalue weighted by atomic mass is 32.2. The van der Waals surface area contributed by atoms with Gasteiger partial charge in [0.15, 0.2) is 0 Å². The quantitative estimate of drug-likeness (QED) is 0.783. The summed E-state index contributed by atoms with van der Waals surface area (Å²) in [7, 11) is 1.73. The van der Waals surface area contributed by atoms with Gasteiger partial charge in [-0.05, 0) is 30.9 Å². The summed E-state index contributed by atoms with van der Waals surface area (Å²) in [4.78, 5) is 1.41. The van der Waals surface area contributed by atoms with E-state index in [1.807, 2.05) is 11.8 Å². The van der Waals surface area contributed by atoms with E-state index in [9.17, 15) is 0 Å². The predicted molar refractivity (Wildman–Crippen MR) is 69.8 cm³/mol. The summed E-state index contributed by atoms with van der Waals surface area (Å²) in [5.41, 5.74) is 7.38. The lowest BCUT2D eigenvalue weighted by Gasteiger charge is -2.20. The summed E-state index contributed by atoms with van der Waals surface area (Å²) in [6.07, 6.45) is 0. The Kier molecular flexibility index (Phi) is 5.68. The van der Waals surface area contributed by atoms with Crippen molar-refractivity contribution in [2.24, 2.45) is 5.73 Å². The topological polar surface area (TPSA) is 35.2 Å². The molecule has 0 amide bonds. The van der Waals surface area contributed by atoms with Crippen molar-refractivity contribution in [2.45, 2.75) is 25.1 Å². The van der Waals surface area contributed by atoms with Gasteiger partial charge in [0.1, 0.15) is 0 Å². The third-order valence-corrected chi connectivity index (χ3v) is 4.90. The molecule has 0 radical (unpaired) electrons. The SMILES string of the molecule is COCCSC(c1sccc1C)C(C)N. The van der Waals surface area contributed by atoms with Crippen molar-refractivity contribution in [3.8, 4) is 0 Å². The molecule has 0 bridgehead atoms. The summed E-state index contributed by atoms with van der Waals surface area (Å²) in [6, 6.07) is 2.34. The molecule has 0 aliphatic heterocycles. The van der Waals surface area contributed by atoms with Gasteiger partial charge in [-0.25, -0.2) is 0 Å². The van der Waals surface area contributed by atoms with Crippen molar-refractivity contribution >= 4 is 23.1 Å². The Balaban J connectivity index is 2.62. The minimum absolute atomic E-state index is 0.184. The lowest BCUT2D eigenvalue weighted by atomic mass is 10.1. The average molecular weight is 245 g/mol. The van der Waals surface area contributed by atoms with Crippen molar-refractivity contribution in [3.05, 3.63) is 21.9 Å². The Labute approximate surface area is 100 Å². The highest BCUT2D eigenvalue weighted by molar-refractivity contribution is 7.99. The van der Waals surface area contributed by atoms with Crippen LogP contribution in [0.2, 0.25) is 0 Å². The second kappa shape index (κ2) is 6.53. The van der Waals surface area contributed by atoms with Crippen molar-refractivity contribution in [3.63, 3.8) is 0 Å². The normalized spacial score (nSPS) is 15.2. The fourth-order valence-electron chi connectivity index (χ4n) is 1.40. The molecule has 0 fully saturated rings. The third-order valence-electron chi connectivity index (χ3n) is 2.22. The van der Waals surface area contributed by atoms with E-state index in [4.69, 9.17) is 10.5 Å². The van der Waals surface area contributed by atoms with Crippen LogP contribution in [0.4, 0.5) is 0 Å². The zero-order valence-electron chi connectivity index (χ0n) is 9.53. The molecular weight excluding hydrogens is 226 g/mol. The molecule has 2 nitrogen and oxygen atoms in total. The van der Waals surface area contributed by atoms with E-state index in [0.29, 0.717) is 5.25 Å². The zero-order valence-corrected chi connectivity index (χ0v) is 11.2. The molecule has 15 heavy (non-hydrogen) atoms. The molecule has 0 spiro atoms. The highest BCUT2D eigenvalue weighted by Gasteiger charge is 2.19. The molecule has 86 valence electrons. The van der Waals surface area contributed by atoms with Gasteiger partial charge >= 0.3 is 0 Å². The molecule has 1 heterocycles. The number of thioether (sulfide) groups is 1. The number of hydrogen-bond donors (Lipinski definition) is 1. The summed E-state index contributed by atoms with van der Waals surface area (Å²) < 4.78 is 5.06. The van der Waals surface area contributed by atoms with E-state index in [1.54, 1.807) is 18.4 Å². The first kappa shape index (κ1) is 13.0. The molecule has 1 rings (SSSR count). The Bertz CT molecular complexity index is 286. The highest BCUT2D eigenvalue weighted by Crippen LogP contribution is 2.36. The first-order chi connectivity index (χ1) is 7.16. The fourth-order valence-corrected chi connectivity index (χ4v) is 3.95. The second-order valence-electron chi connectivity index (χ2n) is 3.61. The van der Waals surface area contributed by atoms with Gasteiger partial charge in [0.05, 0.1) is 11.9 Å². The Morgan fingerprint density at radius 2 is 2.33 bits per heavy atom. The summed E-state index contributed by atoms with van der Waals surface area (Å²) in [5, 5.41) is 2.54. The molecule has 2 unspecified atom stereocenters. The molecule has 2 atom stereocenters. The van der Waals surface area contributed by atoms with Crippen molar-refractivity contribution in [2.75, 3.05) is 19.5 Å². The van der Waals surface area contributed by atoms with Crippen LogP contribution >= 0.6 is 23.1 Å². The van der Waals surface area contributed by atoms with E-state index >= 15 is 0 Å². The molecule has 0 saturated carbocycles. The minimum Gasteiger partial charge on any atom is -0.384 e. The van der Waals surface area contributed by atoms with Crippen LogP contribution in [0.1, 0.15) is 22.6 Å². The van der Waals surface area contributed by atoms with Crippen molar-refractivity contribution < 1.29 is 4.74 Å². The predicted octanol–water partition coefficient (Wildman–Crippen LogP) is 2.82. The maximum absolute atomic E-state index is 6.02. The number of aryl methyl sites for hydroxylation is 1. The number of hydrogen-bond acceptors (Lipinski definition) is 4. The Morgan fingerprint density at radius 1 is 1.60 bits per heavy atom. The minimum atomic E-state index is 0.184. The fraction of sp³-hybridized carbons (Fsp3) is 0.636. The number of methoxy groups -OCH3 is 1. The molecule has 1 aromatic heterocycles. The molecule has 0 aliphatic carbocycles. The first-order valence-corrected chi connectivity index (χ1v) is 6.99. The van der Waals surface area contributed by atoms with Crippen molar-refractivity contribution in [1.29, 1.82) is 0 Å². The number of ether oxygens (including phenoxy) is 1. The van der Waals surface area contributed by atoms with Crippen LogP contribution in [0.15, 0.2) is 11.4 Å². The molecule has 0 aliphatic rings. The largest absolute Gasteiger partial charge is 0.384 e. The van der Waals surface area contributed by atoms with E-state index in [2.05, 4.69) is 25.3 Å². The summed E-state index contributed by atoms with van der Waals surface area (Å²) >= 11 is 3.69. The smallest absolute Gasteiger partial charge is 0.0553 e. The standard InChI is InChI=1S/C11H19NOS2/c1-8-4-6-14-10(8)11(9(2)12)15-7-5-13-3/h4,6,9,11H,5,7,12H2,1-3H3. The van der Waals surface area contributed by atoms with Crippen LogP contribution in [-0.4, -0.2) is 25.5 Å². The third kappa shape index (κ3) is 3.79. The van der Waals surface area contributed by atoms with E-state index in [0.717, 1.165) is 12.4 Å². The van der Waals surface area contributed by atoms with Gasteiger partial charge in [-0.15, -0.1) is 23.1 Å². The van der Waals surface area contributed by atoms with Gasteiger partial charge in [-0.2, -0.15) is 0 Å². The molecule has 1 aromatic rings. The van der Waals surface area contributed by atoms with Gasteiger partial charge in [0, 0.05) is 23.8 Å². The van der Waals surface area contributed by atoms with Crippen molar-refractivity contribution in [1.82, 2.24) is 0 Å². The number of rotatable bonds is 6. The zero-order chi connectivity index (χ0) is 11.3. The summed E-state index contributed by atoms with van der Waals surface area (Å²) in [5.74, 6) is 1.00. The lowest BCUT2D eigenvalue weighted by Crippen LogP contribution is -2.23. The van der Waals surface area contributed by atoms with E-state index in [1.165, 1.54) is 10.4 Å². The van der Waals surface area contributed by atoms with Gasteiger partial charge < -0.3 is 10.5 Å². The molecule has 0 aromatic carbocycles. The van der Waals surface area contributed by atoms with Gasteiger partial charge in [-0.3, -0.25) is 0 Å². The van der Waals surface area contributed by atoms with E-state index in [-0.39, 0.29) is 6.04 Å². The van der Waals surface area contributed by atoms with Gasteiger partial charge in [0.2, 0.25) is 0 Å². The van der Waals surface area contributed by atoms with Crippen LogP contribution < -0.4 is 5.73 Å². The average Bonchev–Trinajstić information content (AvgIpc) is 2.59. The maximum atomic E-state index is 6.02. The Hall–Kier alpha value is -0.0300. The number of thiophene rings is 1.